The van der Waals surface area contributed by atoms with Crippen molar-refractivity contribution in [1.82, 2.24) is 4.90 Å². The second-order valence-corrected chi connectivity index (χ2v) is 7.18. The zero-order valence-corrected chi connectivity index (χ0v) is 15.7. The first-order chi connectivity index (χ1) is 13.1. The summed E-state index contributed by atoms with van der Waals surface area (Å²) in [5.74, 6) is 0.849. The highest BCUT2D eigenvalue weighted by atomic mass is 16.7. The predicted octanol–water partition coefficient (Wildman–Crippen LogP) is 2.07. The molecule has 0 bridgehead atoms. The third-order valence-electron chi connectivity index (χ3n) is 5.72. The maximum absolute atomic E-state index is 13.2. The van der Waals surface area contributed by atoms with E-state index in [1.54, 1.807) is 14.2 Å². The van der Waals surface area contributed by atoms with Crippen LogP contribution < -0.4 is 9.47 Å². The standard InChI is InChI=1S/C20H25NO6/c1-13(11-23-2)18(14-5-6-15-16(9-14)26-12-25-15)20-7-4-8-21(20)10-17(24-3)27-19(20)22/h5-6,9,17-18H,1,4,7-8,10-12H2,2-3H3/t17?,18-,20+/m0/s1. The molecule has 3 aliphatic rings. The van der Waals surface area contributed by atoms with Crippen molar-refractivity contribution in [2.24, 2.45) is 0 Å². The van der Waals surface area contributed by atoms with Crippen molar-refractivity contribution < 1.29 is 28.5 Å². The van der Waals surface area contributed by atoms with E-state index < -0.39 is 11.8 Å². The molecule has 0 aromatic heterocycles. The van der Waals surface area contributed by atoms with Crippen molar-refractivity contribution in [3.63, 3.8) is 0 Å². The third-order valence-corrected chi connectivity index (χ3v) is 5.72. The Labute approximate surface area is 158 Å². The van der Waals surface area contributed by atoms with Gasteiger partial charge in [0.2, 0.25) is 13.1 Å². The minimum atomic E-state index is -0.807. The van der Waals surface area contributed by atoms with Crippen molar-refractivity contribution in [2.45, 2.75) is 30.6 Å². The van der Waals surface area contributed by atoms with Gasteiger partial charge in [0.1, 0.15) is 5.54 Å². The number of fused-ring (bicyclic) bond motifs is 2. The first-order valence-corrected chi connectivity index (χ1v) is 9.15. The molecule has 3 heterocycles. The van der Waals surface area contributed by atoms with Crippen molar-refractivity contribution in [3.05, 3.63) is 35.9 Å². The Bertz CT molecular complexity index is 750. The number of benzene rings is 1. The predicted molar refractivity (Wildman–Crippen MR) is 96.7 cm³/mol. The van der Waals surface area contributed by atoms with E-state index in [0.717, 1.165) is 24.1 Å². The number of carbonyl (C=O) groups is 1. The van der Waals surface area contributed by atoms with Crippen LogP contribution in [0.2, 0.25) is 0 Å². The summed E-state index contributed by atoms with van der Waals surface area (Å²) < 4.78 is 27.3. The molecule has 7 nitrogen and oxygen atoms in total. The number of cyclic esters (lactones) is 1. The van der Waals surface area contributed by atoms with Crippen LogP contribution >= 0.6 is 0 Å². The summed E-state index contributed by atoms with van der Waals surface area (Å²) >= 11 is 0. The summed E-state index contributed by atoms with van der Waals surface area (Å²) in [7, 11) is 3.19. The molecule has 7 heteroatoms. The van der Waals surface area contributed by atoms with Gasteiger partial charge in [-0.1, -0.05) is 12.6 Å². The average Bonchev–Trinajstić information content (AvgIpc) is 3.29. The van der Waals surface area contributed by atoms with Gasteiger partial charge in [-0.05, 0) is 42.7 Å². The number of esters is 1. The zero-order chi connectivity index (χ0) is 19.0. The number of morpholine rings is 1. The summed E-state index contributed by atoms with van der Waals surface area (Å²) in [6, 6.07) is 5.79. The number of carbonyl (C=O) groups excluding carboxylic acids is 1. The van der Waals surface area contributed by atoms with Crippen LogP contribution in [0, 0.1) is 0 Å². The van der Waals surface area contributed by atoms with Crippen LogP contribution in [0.4, 0.5) is 0 Å². The lowest BCUT2D eigenvalue weighted by Gasteiger charge is -2.47. The topological polar surface area (TPSA) is 66.5 Å². The molecule has 0 radical (unpaired) electrons. The molecule has 4 rings (SSSR count). The van der Waals surface area contributed by atoms with Crippen molar-refractivity contribution in [3.8, 4) is 11.5 Å². The monoisotopic (exact) mass is 375 g/mol. The van der Waals surface area contributed by atoms with Gasteiger partial charge < -0.3 is 23.7 Å². The first kappa shape index (κ1) is 18.3. The molecule has 27 heavy (non-hydrogen) atoms. The SMILES string of the molecule is C=C(COC)[C@@H](c1ccc2c(c1)OCO2)[C@@]12CCCN1CC(OC)OC2=O. The maximum atomic E-state index is 13.2. The lowest BCUT2D eigenvalue weighted by molar-refractivity contribution is -0.210. The summed E-state index contributed by atoms with van der Waals surface area (Å²) in [5, 5.41) is 0. The summed E-state index contributed by atoms with van der Waals surface area (Å²) in [6.07, 6.45) is 1.06. The molecule has 1 aromatic carbocycles. The van der Waals surface area contributed by atoms with E-state index in [2.05, 4.69) is 11.5 Å². The number of methoxy groups -OCH3 is 2. The van der Waals surface area contributed by atoms with E-state index in [1.807, 2.05) is 18.2 Å². The van der Waals surface area contributed by atoms with Crippen molar-refractivity contribution in [2.75, 3.05) is 40.7 Å². The number of ether oxygens (including phenoxy) is 5. The van der Waals surface area contributed by atoms with Crippen LogP contribution in [-0.4, -0.2) is 63.4 Å². The molecule has 3 atom stereocenters. The molecule has 0 spiro atoms. The van der Waals surface area contributed by atoms with Crippen LogP contribution in [0.3, 0.4) is 0 Å². The Balaban J connectivity index is 1.78. The van der Waals surface area contributed by atoms with E-state index >= 15 is 0 Å². The first-order valence-electron chi connectivity index (χ1n) is 9.15. The van der Waals surface area contributed by atoms with Gasteiger partial charge >= 0.3 is 5.97 Å². The van der Waals surface area contributed by atoms with Crippen LogP contribution in [0.15, 0.2) is 30.4 Å². The Hall–Kier alpha value is -2.09. The van der Waals surface area contributed by atoms with Gasteiger partial charge in [0.15, 0.2) is 11.5 Å². The zero-order valence-electron chi connectivity index (χ0n) is 15.7. The maximum Gasteiger partial charge on any atom is 0.329 e. The van der Waals surface area contributed by atoms with Gasteiger partial charge in [0.25, 0.3) is 0 Å². The minimum Gasteiger partial charge on any atom is -0.454 e. The van der Waals surface area contributed by atoms with E-state index in [9.17, 15) is 4.79 Å². The highest BCUT2D eigenvalue weighted by Crippen LogP contribution is 2.49. The van der Waals surface area contributed by atoms with Gasteiger partial charge in [-0.2, -0.15) is 0 Å². The van der Waals surface area contributed by atoms with Gasteiger partial charge in [-0.15, -0.1) is 0 Å². The van der Waals surface area contributed by atoms with Crippen LogP contribution in [0.5, 0.6) is 11.5 Å². The molecule has 0 N–H and O–H groups in total. The summed E-state index contributed by atoms with van der Waals surface area (Å²) in [5.41, 5.74) is 0.968. The molecule has 0 amide bonds. The van der Waals surface area contributed by atoms with Crippen molar-refractivity contribution >= 4 is 5.97 Å². The lowest BCUT2D eigenvalue weighted by Crippen LogP contribution is -2.62. The fourth-order valence-corrected chi connectivity index (χ4v) is 4.60. The Kier molecular flexibility index (Phi) is 4.84. The third kappa shape index (κ3) is 2.90. The van der Waals surface area contributed by atoms with E-state index in [0.29, 0.717) is 31.1 Å². The Morgan fingerprint density at radius 1 is 1.37 bits per heavy atom. The molecule has 0 saturated carbocycles. The highest BCUT2D eigenvalue weighted by Gasteiger charge is 2.58. The van der Waals surface area contributed by atoms with Crippen molar-refractivity contribution in [1.29, 1.82) is 0 Å². The molecule has 1 aromatic rings. The molecule has 3 aliphatic heterocycles. The van der Waals surface area contributed by atoms with Gasteiger partial charge in [0, 0.05) is 20.1 Å². The van der Waals surface area contributed by atoms with Crippen LogP contribution in [-0.2, 0) is 19.0 Å². The average molecular weight is 375 g/mol. The summed E-state index contributed by atoms with van der Waals surface area (Å²) in [4.78, 5) is 15.4. The molecule has 1 unspecified atom stereocenters. The number of hydrogen-bond donors (Lipinski definition) is 0. The number of rotatable bonds is 6. The second kappa shape index (κ2) is 7.14. The van der Waals surface area contributed by atoms with Gasteiger partial charge in [-0.3, -0.25) is 4.90 Å². The van der Waals surface area contributed by atoms with Gasteiger partial charge in [0.05, 0.1) is 13.2 Å². The van der Waals surface area contributed by atoms with Crippen LogP contribution in [0.1, 0.15) is 24.3 Å². The number of nitrogens with zero attached hydrogens (tertiary/aromatic N) is 1. The lowest BCUT2D eigenvalue weighted by atomic mass is 9.72. The van der Waals surface area contributed by atoms with E-state index in [1.165, 1.54) is 0 Å². The van der Waals surface area contributed by atoms with E-state index in [-0.39, 0.29) is 18.7 Å². The van der Waals surface area contributed by atoms with E-state index in [4.69, 9.17) is 23.7 Å². The molecular formula is C20H25NO6. The molecule has 0 aliphatic carbocycles. The Morgan fingerprint density at radius 3 is 2.96 bits per heavy atom. The quantitative estimate of drug-likeness (QED) is 0.557. The normalized spacial score (nSPS) is 27.9. The minimum absolute atomic E-state index is 0.206. The Morgan fingerprint density at radius 2 is 2.19 bits per heavy atom. The molecule has 2 saturated heterocycles. The summed E-state index contributed by atoms with van der Waals surface area (Å²) in [6.45, 7) is 6.18. The fourth-order valence-electron chi connectivity index (χ4n) is 4.60. The second-order valence-electron chi connectivity index (χ2n) is 7.18. The molecular weight excluding hydrogens is 350 g/mol. The van der Waals surface area contributed by atoms with Crippen LogP contribution in [0.25, 0.3) is 0 Å². The molecule has 146 valence electrons. The largest absolute Gasteiger partial charge is 0.454 e. The van der Waals surface area contributed by atoms with Gasteiger partial charge in [-0.25, -0.2) is 4.79 Å². The fraction of sp³-hybridized carbons (Fsp3) is 0.550. The molecule has 2 fully saturated rings. The highest BCUT2D eigenvalue weighted by molar-refractivity contribution is 5.85. The smallest absolute Gasteiger partial charge is 0.329 e. The number of hydrogen-bond acceptors (Lipinski definition) is 7.